The highest BCUT2D eigenvalue weighted by Crippen LogP contribution is 2.21. The molecule has 156 valence electrons. The summed E-state index contributed by atoms with van der Waals surface area (Å²) >= 11 is 0. The number of carbonyl (C=O) groups is 1. The van der Waals surface area contributed by atoms with Crippen LogP contribution in [0.25, 0.3) is 0 Å². The fourth-order valence-electron chi connectivity index (χ4n) is 3.47. The number of nitrogens with one attached hydrogen (secondary N) is 2. The second kappa shape index (κ2) is 10.6. The minimum atomic E-state index is 0.220. The van der Waals surface area contributed by atoms with Gasteiger partial charge in [-0.1, -0.05) is 12.1 Å². The molecule has 1 aromatic heterocycles. The highest BCUT2D eigenvalue weighted by Gasteiger charge is 2.21. The third-order valence-corrected chi connectivity index (χ3v) is 5.13. The maximum atomic E-state index is 11.9. The Morgan fingerprint density at radius 1 is 1.21 bits per heavy atom. The molecule has 1 aliphatic rings. The van der Waals surface area contributed by atoms with Crippen LogP contribution < -0.4 is 15.5 Å². The third-order valence-electron chi connectivity index (χ3n) is 5.13. The van der Waals surface area contributed by atoms with Gasteiger partial charge in [-0.15, -0.1) is 0 Å². The zero-order valence-corrected chi connectivity index (χ0v) is 17.5. The predicted octanol–water partition coefficient (Wildman–Crippen LogP) is 2.85. The minimum Gasteiger partial charge on any atom is -0.357 e. The third kappa shape index (κ3) is 6.07. The van der Waals surface area contributed by atoms with Gasteiger partial charge in [0.15, 0.2) is 5.96 Å². The fourth-order valence-corrected chi connectivity index (χ4v) is 3.47. The normalized spacial score (nSPS) is 14.5. The summed E-state index contributed by atoms with van der Waals surface area (Å²) in [6.45, 7) is 8.24. The van der Waals surface area contributed by atoms with Crippen molar-refractivity contribution in [3.63, 3.8) is 0 Å². The van der Waals surface area contributed by atoms with Gasteiger partial charge < -0.3 is 20.1 Å². The van der Waals surface area contributed by atoms with Crippen LogP contribution in [0.15, 0.2) is 41.7 Å². The van der Waals surface area contributed by atoms with E-state index in [0.29, 0.717) is 13.0 Å². The Balaban J connectivity index is 1.44. The molecule has 1 saturated heterocycles. The van der Waals surface area contributed by atoms with Gasteiger partial charge in [0.25, 0.3) is 0 Å². The molecule has 3 rings (SSSR count). The van der Waals surface area contributed by atoms with Crippen molar-refractivity contribution < 1.29 is 4.79 Å². The predicted molar refractivity (Wildman–Crippen MR) is 117 cm³/mol. The Morgan fingerprint density at radius 2 is 2.03 bits per heavy atom. The van der Waals surface area contributed by atoms with Crippen LogP contribution in [-0.4, -0.2) is 41.1 Å². The quantitative estimate of drug-likeness (QED) is 0.388. The minimum absolute atomic E-state index is 0.220. The van der Waals surface area contributed by atoms with Crippen LogP contribution in [-0.2, 0) is 17.9 Å². The van der Waals surface area contributed by atoms with E-state index >= 15 is 0 Å². The molecule has 0 bridgehead atoms. The summed E-state index contributed by atoms with van der Waals surface area (Å²) in [5.74, 6) is 2.12. The molecular weight excluding hydrogens is 364 g/mol. The van der Waals surface area contributed by atoms with Crippen LogP contribution in [0.3, 0.4) is 0 Å². The smallest absolute Gasteiger partial charge is 0.227 e. The number of nitrogens with zero attached hydrogens (tertiary/aromatic N) is 4. The number of rotatable bonds is 9. The van der Waals surface area contributed by atoms with Crippen molar-refractivity contribution in [3.8, 4) is 0 Å². The number of hydrogen-bond acceptors (Lipinski definition) is 3. The highest BCUT2D eigenvalue weighted by molar-refractivity contribution is 5.95. The van der Waals surface area contributed by atoms with Crippen LogP contribution in [0.5, 0.6) is 0 Å². The molecule has 7 nitrogen and oxygen atoms in total. The Morgan fingerprint density at radius 3 is 2.69 bits per heavy atom. The average molecular weight is 397 g/mol. The number of benzene rings is 1. The molecule has 2 aromatic rings. The van der Waals surface area contributed by atoms with Gasteiger partial charge >= 0.3 is 0 Å². The van der Waals surface area contributed by atoms with Crippen molar-refractivity contribution in [3.05, 3.63) is 48.0 Å². The van der Waals surface area contributed by atoms with Gasteiger partial charge in [0.1, 0.15) is 5.82 Å². The first-order valence-electron chi connectivity index (χ1n) is 10.6. The molecule has 7 heteroatoms. The van der Waals surface area contributed by atoms with E-state index < -0.39 is 0 Å². The monoisotopic (exact) mass is 396 g/mol. The Bertz CT molecular complexity index is 811. The summed E-state index contributed by atoms with van der Waals surface area (Å²) in [5.41, 5.74) is 2.12. The van der Waals surface area contributed by atoms with Crippen molar-refractivity contribution in [2.75, 3.05) is 24.5 Å². The lowest BCUT2D eigenvalue weighted by Gasteiger charge is -2.16. The van der Waals surface area contributed by atoms with Gasteiger partial charge in [0.05, 0.1) is 6.54 Å². The molecular formula is C22H32N6O. The average Bonchev–Trinajstić information content (AvgIpc) is 3.34. The summed E-state index contributed by atoms with van der Waals surface area (Å²) in [4.78, 5) is 22.7. The van der Waals surface area contributed by atoms with Crippen molar-refractivity contribution in [1.29, 1.82) is 0 Å². The van der Waals surface area contributed by atoms with Crippen LogP contribution in [0, 0.1) is 6.92 Å². The number of aromatic nitrogens is 2. The number of guanidine groups is 1. The second-order valence-electron chi connectivity index (χ2n) is 7.31. The van der Waals surface area contributed by atoms with E-state index in [1.165, 1.54) is 0 Å². The van der Waals surface area contributed by atoms with Crippen LogP contribution >= 0.6 is 0 Å². The summed E-state index contributed by atoms with van der Waals surface area (Å²) < 4.78 is 2.18. The number of anilines is 1. The molecule has 0 unspecified atom stereocenters. The number of unbranched alkanes of at least 4 members (excludes halogenated alkanes) is 1. The lowest BCUT2D eigenvalue weighted by atomic mass is 10.2. The Hall–Kier alpha value is -2.83. The first kappa shape index (κ1) is 20.9. The van der Waals surface area contributed by atoms with E-state index in [1.54, 1.807) is 0 Å². The summed E-state index contributed by atoms with van der Waals surface area (Å²) in [7, 11) is 0. The molecule has 0 atom stereocenters. The number of imidazole rings is 1. The van der Waals surface area contributed by atoms with E-state index in [4.69, 9.17) is 0 Å². The zero-order chi connectivity index (χ0) is 20.5. The SMILES string of the molecule is CCNC(=NCc1ccc(N2CCCC2=O)cc1)NCCCCn1ccnc1C. The number of amides is 1. The largest absolute Gasteiger partial charge is 0.357 e. The van der Waals surface area contributed by atoms with Crippen molar-refractivity contribution in [2.45, 2.75) is 52.6 Å². The Labute approximate surface area is 173 Å². The molecule has 1 aliphatic heterocycles. The van der Waals surface area contributed by atoms with Crippen molar-refractivity contribution in [1.82, 2.24) is 20.2 Å². The van der Waals surface area contributed by atoms with Gasteiger partial charge in [0.2, 0.25) is 5.91 Å². The molecule has 1 fully saturated rings. The molecule has 0 spiro atoms. The van der Waals surface area contributed by atoms with Gasteiger partial charge in [-0.2, -0.15) is 0 Å². The van der Waals surface area contributed by atoms with E-state index in [-0.39, 0.29) is 5.91 Å². The fraction of sp³-hybridized carbons (Fsp3) is 0.500. The van der Waals surface area contributed by atoms with Gasteiger partial charge in [-0.05, 0) is 50.8 Å². The number of aliphatic imine (C=N–C) groups is 1. The van der Waals surface area contributed by atoms with Crippen LogP contribution in [0.2, 0.25) is 0 Å². The second-order valence-corrected chi connectivity index (χ2v) is 7.31. The first-order valence-corrected chi connectivity index (χ1v) is 10.6. The maximum absolute atomic E-state index is 11.9. The van der Waals surface area contributed by atoms with Gasteiger partial charge in [0, 0.05) is 50.7 Å². The summed E-state index contributed by atoms with van der Waals surface area (Å²) in [5, 5.41) is 6.71. The molecule has 1 aromatic carbocycles. The van der Waals surface area contributed by atoms with E-state index in [1.807, 2.05) is 36.4 Å². The van der Waals surface area contributed by atoms with Crippen LogP contribution in [0.4, 0.5) is 5.69 Å². The molecule has 1 amide bonds. The van der Waals surface area contributed by atoms with Gasteiger partial charge in [-0.25, -0.2) is 9.98 Å². The topological polar surface area (TPSA) is 74.6 Å². The van der Waals surface area contributed by atoms with E-state index in [2.05, 4.69) is 44.2 Å². The number of carbonyl (C=O) groups excluding carboxylic acids is 1. The molecule has 0 radical (unpaired) electrons. The van der Waals surface area contributed by atoms with Gasteiger partial charge in [-0.3, -0.25) is 4.79 Å². The maximum Gasteiger partial charge on any atom is 0.227 e. The highest BCUT2D eigenvalue weighted by atomic mass is 16.2. The summed E-state index contributed by atoms with van der Waals surface area (Å²) in [6, 6.07) is 8.15. The standard InChI is InChI=1S/C22H32N6O/c1-3-23-22(25-12-4-5-14-27-16-13-24-18(27)2)26-17-19-8-10-20(11-9-19)28-15-6-7-21(28)29/h8-11,13,16H,3-7,12,14-15,17H2,1-2H3,(H2,23,25,26). The first-order chi connectivity index (χ1) is 14.2. The zero-order valence-electron chi connectivity index (χ0n) is 17.5. The molecule has 0 aliphatic carbocycles. The lowest BCUT2D eigenvalue weighted by molar-refractivity contribution is -0.117. The van der Waals surface area contributed by atoms with Crippen molar-refractivity contribution >= 4 is 17.6 Å². The summed E-state index contributed by atoms with van der Waals surface area (Å²) in [6.07, 6.45) is 7.65. The van der Waals surface area contributed by atoms with E-state index in [0.717, 1.165) is 68.5 Å². The molecule has 29 heavy (non-hydrogen) atoms. The Kier molecular flexibility index (Phi) is 7.67. The van der Waals surface area contributed by atoms with E-state index in [9.17, 15) is 4.79 Å². The molecule has 2 heterocycles. The number of hydrogen-bond donors (Lipinski definition) is 2. The molecule has 2 N–H and O–H groups in total. The lowest BCUT2D eigenvalue weighted by Crippen LogP contribution is -2.37. The van der Waals surface area contributed by atoms with Crippen LogP contribution in [0.1, 0.15) is 44.0 Å². The number of aryl methyl sites for hydroxylation is 2. The molecule has 0 saturated carbocycles. The van der Waals surface area contributed by atoms with Crippen molar-refractivity contribution in [2.24, 2.45) is 4.99 Å².